The standard InChI is InChI=1S/C20H15N3O/c21-12-16-6-9-19(10-7-16)20(24)11-8-18-13-22-23(15-18)14-17-4-2-1-3-5-17/h1-11,13,15H,14H2/b11-8+. The van der Waals surface area contributed by atoms with Gasteiger partial charge in [-0.3, -0.25) is 9.48 Å². The van der Waals surface area contributed by atoms with Crippen molar-refractivity contribution < 1.29 is 4.79 Å². The van der Waals surface area contributed by atoms with E-state index in [1.165, 1.54) is 11.6 Å². The van der Waals surface area contributed by atoms with E-state index in [1.807, 2.05) is 47.3 Å². The van der Waals surface area contributed by atoms with E-state index >= 15 is 0 Å². The van der Waals surface area contributed by atoms with E-state index in [-0.39, 0.29) is 5.78 Å². The van der Waals surface area contributed by atoms with Gasteiger partial charge in [0, 0.05) is 17.3 Å². The molecule has 116 valence electrons. The maximum absolute atomic E-state index is 12.1. The molecule has 0 saturated heterocycles. The van der Waals surface area contributed by atoms with Crippen molar-refractivity contribution >= 4 is 11.9 Å². The van der Waals surface area contributed by atoms with Gasteiger partial charge in [0.1, 0.15) is 0 Å². The van der Waals surface area contributed by atoms with Crippen LogP contribution in [0.25, 0.3) is 6.08 Å². The van der Waals surface area contributed by atoms with Gasteiger partial charge in [-0.05, 0) is 42.0 Å². The van der Waals surface area contributed by atoms with E-state index in [0.29, 0.717) is 17.7 Å². The maximum Gasteiger partial charge on any atom is 0.185 e. The number of hydrogen-bond donors (Lipinski definition) is 0. The number of carbonyl (C=O) groups excluding carboxylic acids is 1. The number of nitrogens with zero attached hydrogens (tertiary/aromatic N) is 3. The third kappa shape index (κ3) is 3.84. The molecule has 24 heavy (non-hydrogen) atoms. The Kier molecular flexibility index (Phi) is 4.64. The van der Waals surface area contributed by atoms with Gasteiger partial charge in [-0.15, -0.1) is 0 Å². The molecule has 3 rings (SSSR count). The van der Waals surface area contributed by atoms with E-state index in [0.717, 1.165) is 5.56 Å². The Bertz CT molecular complexity index is 900. The predicted octanol–water partition coefficient (Wildman–Crippen LogP) is 3.70. The summed E-state index contributed by atoms with van der Waals surface area (Å²) in [5.74, 6) is -0.102. The lowest BCUT2D eigenvalue weighted by atomic mass is 10.1. The molecule has 0 aliphatic heterocycles. The first kappa shape index (κ1) is 15.4. The summed E-state index contributed by atoms with van der Waals surface area (Å²) in [4.78, 5) is 12.1. The highest BCUT2D eigenvalue weighted by atomic mass is 16.1. The average Bonchev–Trinajstić information content (AvgIpc) is 3.08. The highest BCUT2D eigenvalue weighted by Crippen LogP contribution is 2.08. The maximum atomic E-state index is 12.1. The molecule has 0 amide bonds. The third-order valence-electron chi connectivity index (χ3n) is 3.57. The van der Waals surface area contributed by atoms with E-state index < -0.39 is 0 Å². The minimum atomic E-state index is -0.102. The molecule has 0 aliphatic rings. The highest BCUT2D eigenvalue weighted by molar-refractivity contribution is 6.06. The Morgan fingerprint density at radius 3 is 2.58 bits per heavy atom. The number of ketones is 1. The fraction of sp³-hybridized carbons (Fsp3) is 0.0500. The van der Waals surface area contributed by atoms with Crippen LogP contribution < -0.4 is 0 Å². The highest BCUT2D eigenvalue weighted by Gasteiger charge is 2.02. The van der Waals surface area contributed by atoms with Gasteiger partial charge in [0.25, 0.3) is 0 Å². The molecule has 0 fully saturated rings. The Labute approximate surface area is 140 Å². The first-order valence-corrected chi connectivity index (χ1v) is 7.53. The number of rotatable bonds is 5. The Morgan fingerprint density at radius 1 is 1.12 bits per heavy atom. The molecule has 1 aromatic heterocycles. The van der Waals surface area contributed by atoms with E-state index in [9.17, 15) is 4.79 Å². The van der Waals surface area contributed by atoms with Crippen molar-refractivity contribution in [1.29, 1.82) is 5.26 Å². The first-order chi connectivity index (χ1) is 11.7. The molecule has 0 bridgehead atoms. The topological polar surface area (TPSA) is 58.7 Å². The summed E-state index contributed by atoms with van der Waals surface area (Å²) in [6.45, 7) is 0.693. The van der Waals surface area contributed by atoms with Gasteiger partial charge in [-0.2, -0.15) is 10.4 Å². The summed E-state index contributed by atoms with van der Waals surface area (Å²) in [7, 11) is 0. The molecule has 0 spiro atoms. The fourth-order valence-electron chi connectivity index (χ4n) is 2.30. The van der Waals surface area contributed by atoms with Gasteiger partial charge in [-0.1, -0.05) is 30.3 Å². The van der Waals surface area contributed by atoms with Gasteiger partial charge in [0.05, 0.1) is 24.4 Å². The summed E-state index contributed by atoms with van der Waals surface area (Å²) in [6.07, 6.45) is 6.89. The van der Waals surface area contributed by atoms with Gasteiger partial charge >= 0.3 is 0 Å². The Morgan fingerprint density at radius 2 is 1.88 bits per heavy atom. The monoisotopic (exact) mass is 313 g/mol. The van der Waals surface area contributed by atoms with Crippen LogP contribution >= 0.6 is 0 Å². The SMILES string of the molecule is N#Cc1ccc(C(=O)/C=C/c2cnn(Cc3ccccc3)c2)cc1. The quantitative estimate of drug-likeness (QED) is 0.533. The zero-order valence-corrected chi connectivity index (χ0v) is 13.0. The second-order valence-corrected chi connectivity index (χ2v) is 5.34. The van der Waals surface area contributed by atoms with Gasteiger partial charge in [-0.25, -0.2) is 0 Å². The molecule has 4 heteroatoms. The molecule has 0 unspecified atom stereocenters. The van der Waals surface area contributed by atoms with Crippen LogP contribution in [0.15, 0.2) is 73.1 Å². The molecular weight excluding hydrogens is 298 g/mol. The molecule has 1 heterocycles. The predicted molar refractivity (Wildman–Crippen MR) is 92.3 cm³/mol. The molecule has 0 aliphatic carbocycles. The van der Waals surface area contributed by atoms with Crippen molar-refractivity contribution in [2.45, 2.75) is 6.54 Å². The minimum absolute atomic E-state index is 0.102. The van der Waals surface area contributed by atoms with Gasteiger partial charge in [0.2, 0.25) is 0 Å². The van der Waals surface area contributed by atoms with Crippen LogP contribution in [-0.2, 0) is 6.54 Å². The molecule has 2 aromatic carbocycles. The average molecular weight is 313 g/mol. The molecule has 3 aromatic rings. The van der Waals surface area contributed by atoms with Crippen LogP contribution in [0.4, 0.5) is 0 Å². The van der Waals surface area contributed by atoms with Crippen LogP contribution in [0.5, 0.6) is 0 Å². The summed E-state index contributed by atoms with van der Waals surface area (Å²) in [5, 5.41) is 13.1. The van der Waals surface area contributed by atoms with Crippen LogP contribution in [0.3, 0.4) is 0 Å². The van der Waals surface area contributed by atoms with Crippen molar-refractivity contribution in [1.82, 2.24) is 9.78 Å². The number of nitriles is 1. The third-order valence-corrected chi connectivity index (χ3v) is 3.57. The van der Waals surface area contributed by atoms with Crippen molar-refractivity contribution in [3.63, 3.8) is 0 Å². The lowest BCUT2D eigenvalue weighted by Crippen LogP contribution is -1.99. The van der Waals surface area contributed by atoms with Crippen molar-refractivity contribution in [2.75, 3.05) is 0 Å². The first-order valence-electron chi connectivity index (χ1n) is 7.53. The summed E-state index contributed by atoms with van der Waals surface area (Å²) in [5.41, 5.74) is 3.14. The van der Waals surface area contributed by atoms with E-state index in [1.54, 1.807) is 36.5 Å². The van der Waals surface area contributed by atoms with Crippen molar-refractivity contribution in [2.24, 2.45) is 0 Å². The smallest absolute Gasteiger partial charge is 0.185 e. The van der Waals surface area contributed by atoms with Crippen molar-refractivity contribution in [3.8, 4) is 6.07 Å². The summed E-state index contributed by atoms with van der Waals surface area (Å²) < 4.78 is 1.83. The second-order valence-electron chi connectivity index (χ2n) is 5.34. The van der Waals surface area contributed by atoms with E-state index in [4.69, 9.17) is 5.26 Å². The molecule has 0 N–H and O–H groups in total. The lowest BCUT2D eigenvalue weighted by Gasteiger charge is -2.00. The number of allylic oxidation sites excluding steroid dienone is 1. The Hall–Kier alpha value is -3.45. The molecular formula is C20H15N3O. The van der Waals surface area contributed by atoms with Gasteiger partial charge in [0.15, 0.2) is 5.78 Å². The largest absolute Gasteiger partial charge is 0.289 e. The summed E-state index contributed by atoms with van der Waals surface area (Å²) in [6, 6.07) is 18.7. The van der Waals surface area contributed by atoms with Crippen LogP contribution in [0, 0.1) is 11.3 Å². The molecule has 0 saturated carbocycles. The van der Waals surface area contributed by atoms with Crippen LogP contribution in [0.2, 0.25) is 0 Å². The number of carbonyl (C=O) groups is 1. The van der Waals surface area contributed by atoms with Crippen LogP contribution in [0.1, 0.15) is 27.0 Å². The van der Waals surface area contributed by atoms with E-state index in [2.05, 4.69) is 5.10 Å². The molecule has 0 atom stereocenters. The number of aromatic nitrogens is 2. The Balaban J connectivity index is 1.66. The minimum Gasteiger partial charge on any atom is -0.289 e. The number of hydrogen-bond acceptors (Lipinski definition) is 3. The molecule has 0 radical (unpaired) electrons. The molecule has 4 nitrogen and oxygen atoms in total. The zero-order valence-electron chi connectivity index (χ0n) is 13.0. The van der Waals surface area contributed by atoms with Crippen LogP contribution in [-0.4, -0.2) is 15.6 Å². The fourth-order valence-corrected chi connectivity index (χ4v) is 2.30. The summed E-state index contributed by atoms with van der Waals surface area (Å²) >= 11 is 0. The van der Waals surface area contributed by atoms with Gasteiger partial charge < -0.3 is 0 Å². The van der Waals surface area contributed by atoms with Crippen molar-refractivity contribution in [3.05, 3.63) is 95.3 Å². The zero-order chi connectivity index (χ0) is 16.8. The normalized spacial score (nSPS) is 10.6. The lowest BCUT2D eigenvalue weighted by molar-refractivity contribution is 0.104. The second kappa shape index (κ2) is 7.21. The number of benzene rings is 2.